The van der Waals surface area contributed by atoms with Crippen molar-refractivity contribution in [2.24, 2.45) is 0 Å². The standard InChI is InChI=1S/C16H18F3N3O/c1-11-4-5-13(12(2)8-11)15(23)21(3)9-14-20-6-7-22(14)10-16(17,18)19/h4-8H,9-10H2,1-3H3. The number of amides is 1. The first-order valence-corrected chi connectivity index (χ1v) is 7.07. The van der Waals surface area contributed by atoms with E-state index in [0.717, 1.165) is 15.7 Å². The van der Waals surface area contributed by atoms with Gasteiger partial charge in [-0.05, 0) is 25.5 Å². The van der Waals surface area contributed by atoms with Gasteiger partial charge in [0, 0.05) is 25.0 Å². The average molecular weight is 325 g/mol. The number of benzene rings is 1. The van der Waals surface area contributed by atoms with Crippen molar-refractivity contribution < 1.29 is 18.0 Å². The predicted molar refractivity (Wildman–Crippen MR) is 80.0 cm³/mol. The Morgan fingerprint density at radius 3 is 2.61 bits per heavy atom. The van der Waals surface area contributed by atoms with Crippen molar-refractivity contribution >= 4 is 5.91 Å². The molecule has 0 radical (unpaired) electrons. The minimum absolute atomic E-state index is 0.00916. The van der Waals surface area contributed by atoms with E-state index >= 15 is 0 Å². The first kappa shape index (κ1) is 17.1. The van der Waals surface area contributed by atoms with Gasteiger partial charge >= 0.3 is 6.18 Å². The molecule has 1 amide bonds. The molecule has 23 heavy (non-hydrogen) atoms. The molecule has 0 N–H and O–H groups in total. The molecule has 0 bridgehead atoms. The fourth-order valence-corrected chi connectivity index (χ4v) is 2.37. The van der Waals surface area contributed by atoms with Crippen LogP contribution in [-0.4, -0.2) is 33.6 Å². The van der Waals surface area contributed by atoms with E-state index in [2.05, 4.69) is 4.98 Å². The zero-order valence-corrected chi connectivity index (χ0v) is 13.2. The summed E-state index contributed by atoms with van der Waals surface area (Å²) < 4.78 is 38.6. The number of imidazole rings is 1. The van der Waals surface area contributed by atoms with Crippen LogP contribution in [0, 0.1) is 13.8 Å². The van der Waals surface area contributed by atoms with Crippen molar-refractivity contribution in [1.82, 2.24) is 14.5 Å². The number of halogens is 3. The lowest BCUT2D eigenvalue weighted by Crippen LogP contribution is -2.29. The number of hydrogen-bond donors (Lipinski definition) is 0. The molecule has 0 fully saturated rings. The highest BCUT2D eigenvalue weighted by Crippen LogP contribution is 2.19. The molecule has 0 unspecified atom stereocenters. The number of aromatic nitrogens is 2. The summed E-state index contributed by atoms with van der Waals surface area (Å²) in [4.78, 5) is 17.8. The summed E-state index contributed by atoms with van der Waals surface area (Å²) in [5, 5.41) is 0. The van der Waals surface area contributed by atoms with Gasteiger partial charge in [0.15, 0.2) is 0 Å². The summed E-state index contributed by atoms with van der Waals surface area (Å²) in [6.45, 7) is 2.65. The number of rotatable bonds is 4. The van der Waals surface area contributed by atoms with Crippen molar-refractivity contribution in [3.63, 3.8) is 0 Å². The van der Waals surface area contributed by atoms with Gasteiger partial charge < -0.3 is 9.47 Å². The van der Waals surface area contributed by atoms with Gasteiger partial charge in [-0.25, -0.2) is 4.98 Å². The van der Waals surface area contributed by atoms with E-state index in [0.29, 0.717) is 5.56 Å². The second-order valence-corrected chi connectivity index (χ2v) is 5.57. The van der Waals surface area contributed by atoms with E-state index in [9.17, 15) is 18.0 Å². The van der Waals surface area contributed by atoms with Crippen molar-refractivity contribution in [2.45, 2.75) is 33.1 Å². The highest BCUT2D eigenvalue weighted by atomic mass is 19.4. The molecule has 0 aliphatic carbocycles. The maximum Gasteiger partial charge on any atom is 0.406 e. The van der Waals surface area contributed by atoms with E-state index in [1.54, 1.807) is 13.1 Å². The van der Waals surface area contributed by atoms with Gasteiger partial charge in [-0.15, -0.1) is 0 Å². The normalized spacial score (nSPS) is 11.6. The van der Waals surface area contributed by atoms with Crippen LogP contribution in [0.4, 0.5) is 13.2 Å². The molecular weight excluding hydrogens is 307 g/mol. The Morgan fingerprint density at radius 2 is 2.00 bits per heavy atom. The van der Waals surface area contributed by atoms with Crippen LogP contribution in [0.2, 0.25) is 0 Å². The number of hydrogen-bond acceptors (Lipinski definition) is 2. The molecule has 2 rings (SSSR count). The molecule has 4 nitrogen and oxygen atoms in total. The summed E-state index contributed by atoms with van der Waals surface area (Å²) in [5.74, 6) is -0.0491. The third kappa shape index (κ3) is 4.34. The van der Waals surface area contributed by atoms with E-state index in [-0.39, 0.29) is 18.3 Å². The van der Waals surface area contributed by atoms with Crippen LogP contribution < -0.4 is 0 Å². The van der Waals surface area contributed by atoms with Gasteiger partial charge in [-0.1, -0.05) is 17.7 Å². The maximum atomic E-state index is 12.5. The van der Waals surface area contributed by atoms with Crippen LogP contribution in [0.1, 0.15) is 27.3 Å². The number of aryl methyl sites for hydroxylation is 2. The molecule has 1 heterocycles. The minimum Gasteiger partial charge on any atom is -0.334 e. The number of carbonyl (C=O) groups is 1. The molecule has 0 aliphatic heterocycles. The summed E-state index contributed by atoms with van der Waals surface area (Å²) >= 11 is 0. The maximum absolute atomic E-state index is 12.5. The van der Waals surface area contributed by atoms with Crippen LogP contribution in [0.5, 0.6) is 0 Å². The Morgan fingerprint density at radius 1 is 1.30 bits per heavy atom. The fraction of sp³-hybridized carbons (Fsp3) is 0.375. The molecular formula is C16H18F3N3O. The van der Waals surface area contributed by atoms with E-state index in [1.807, 2.05) is 26.0 Å². The number of nitrogens with zero attached hydrogens (tertiary/aromatic N) is 3. The van der Waals surface area contributed by atoms with Crippen LogP contribution >= 0.6 is 0 Å². The number of alkyl halides is 3. The van der Waals surface area contributed by atoms with E-state index in [4.69, 9.17) is 0 Å². The Hall–Kier alpha value is -2.31. The monoisotopic (exact) mass is 325 g/mol. The summed E-state index contributed by atoms with van der Waals surface area (Å²) in [6.07, 6.45) is -1.76. The Labute approximate surface area is 132 Å². The smallest absolute Gasteiger partial charge is 0.334 e. The summed E-state index contributed by atoms with van der Waals surface area (Å²) in [5.41, 5.74) is 2.41. The third-order valence-corrected chi connectivity index (χ3v) is 3.49. The van der Waals surface area contributed by atoms with Gasteiger partial charge in [-0.3, -0.25) is 4.79 Å². The highest BCUT2D eigenvalue weighted by Gasteiger charge is 2.29. The minimum atomic E-state index is -4.33. The SMILES string of the molecule is Cc1ccc(C(=O)N(C)Cc2nccn2CC(F)(F)F)c(C)c1. The molecule has 1 aromatic heterocycles. The van der Waals surface area contributed by atoms with Gasteiger partial charge in [0.2, 0.25) is 0 Å². The molecule has 0 aliphatic rings. The molecule has 124 valence electrons. The zero-order chi connectivity index (χ0) is 17.2. The van der Waals surface area contributed by atoms with Crippen LogP contribution in [-0.2, 0) is 13.1 Å². The Bertz CT molecular complexity index is 707. The van der Waals surface area contributed by atoms with Crippen LogP contribution in [0.3, 0.4) is 0 Å². The lowest BCUT2D eigenvalue weighted by atomic mass is 10.0. The lowest BCUT2D eigenvalue weighted by molar-refractivity contribution is -0.141. The van der Waals surface area contributed by atoms with E-state index in [1.165, 1.54) is 17.3 Å². The average Bonchev–Trinajstić information content (AvgIpc) is 2.83. The topological polar surface area (TPSA) is 38.1 Å². The predicted octanol–water partition coefficient (Wildman–Crippen LogP) is 3.33. The largest absolute Gasteiger partial charge is 0.406 e. The van der Waals surface area contributed by atoms with Crippen molar-refractivity contribution in [3.8, 4) is 0 Å². The second kappa shape index (κ2) is 6.44. The molecule has 7 heteroatoms. The van der Waals surface area contributed by atoms with Gasteiger partial charge in [0.05, 0.1) is 6.54 Å². The Balaban J connectivity index is 2.14. The molecule has 0 saturated carbocycles. The third-order valence-electron chi connectivity index (χ3n) is 3.49. The fourth-order valence-electron chi connectivity index (χ4n) is 2.37. The van der Waals surface area contributed by atoms with Crippen molar-refractivity contribution in [3.05, 3.63) is 53.1 Å². The van der Waals surface area contributed by atoms with Gasteiger partial charge in [0.25, 0.3) is 5.91 Å². The molecule has 0 spiro atoms. The van der Waals surface area contributed by atoms with Gasteiger partial charge in [0.1, 0.15) is 12.4 Å². The first-order valence-electron chi connectivity index (χ1n) is 7.07. The zero-order valence-electron chi connectivity index (χ0n) is 13.2. The quantitative estimate of drug-likeness (QED) is 0.865. The molecule has 1 aromatic carbocycles. The molecule has 2 aromatic rings. The van der Waals surface area contributed by atoms with Gasteiger partial charge in [-0.2, -0.15) is 13.2 Å². The van der Waals surface area contributed by atoms with Crippen molar-refractivity contribution in [1.29, 1.82) is 0 Å². The van der Waals surface area contributed by atoms with E-state index < -0.39 is 12.7 Å². The lowest BCUT2D eigenvalue weighted by Gasteiger charge is -2.19. The first-order chi connectivity index (χ1) is 10.7. The summed E-state index contributed by atoms with van der Waals surface area (Å²) in [7, 11) is 1.55. The van der Waals surface area contributed by atoms with Crippen LogP contribution in [0.25, 0.3) is 0 Å². The molecule has 0 atom stereocenters. The highest BCUT2D eigenvalue weighted by molar-refractivity contribution is 5.95. The Kier molecular flexibility index (Phi) is 4.77. The van der Waals surface area contributed by atoms with Crippen molar-refractivity contribution in [2.75, 3.05) is 7.05 Å². The summed E-state index contributed by atoms with van der Waals surface area (Å²) in [6, 6.07) is 5.45. The van der Waals surface area contributed by atoms with Crippen LogP contribution in [0.15, 0.2) is 30.6 Å². The molecule has 0 saturated heterocycles. The number of carbonyl (C=O) groups excluding carboxylic acids is 1. The second-order valence-electron chi connectivity index (χ2n) is 5.57.